The van der Waals surface area contributed by atoms with Crippen LogP contribution >= 0.6 is 0 Å². The van der Waals surface area contributed by atoms with Gasteiger partial charge in [0.05, 0.1) is 24.2 Å². The zero-order chi connectivity index (χ0) is 15.8. The number of nitro benzene ring substituents is 1. The summed E-state index contributed by atoms with van der Waals surface area (Å²) in [5.41, 5.74) is 0.306. The Bertz CT molecular complexity index is 467. The first-order valence-electron chi connectivity index (χ1n) is 6.95. The number of rotatable bonds is 9. The van der Waals surface area contributed by atoms with E-state index in [2.05, 4.69) is 0 Å². The second kappa shape index (κ2) is 8.56. The minimum atomic E-state index is -0.856. The number of hydrogen-bond acceptors (Lipinski definition) is 6. The predicted molar refractivity (Wildman–Crippen MR) is 78.4 cm³/mol. The highest BCUT2D eigenvalue weighted by atomic mass is 16.6. The van der Waals surface area contributed by atoms with Crippen LogP contribution in [0.5, 0.6) is 5.75 Å². The largest absolute Gasteiger partial charge is 0.487 e. The van der Waals surface area contributed by atoms with Gasteiger partial charge in [0.1, 0.15) is 0 Å². The van der Waals surface area contributed by atoms with Crippen LogP contribution in [0.1, 0.15) is 25.5 Å². The van der Waals surface area contributed by atoms with E-state index in [4.69, 9.17) is 9.84 Å². The Kier molecular flexibility index (Phi) is 7.07. The number of benzene rings is 1. The van der Waals surface area contributed by atoms with Crippen LogP contribution in [0.25, 0.3) is 0 Å². The number of nitrogens with zero attached hydrogens (tertiary/aromatic N) is 2. The number of aliphatic hydroxyl groups excluding tert-OH is 2. The average Bonchev–Trinajstić information content (AvgIpc) is 2.47. The van der Waals surface area contributed by atoms with Gasteiger partial charge in [0.2, 0.25) is 0 Å². The lowest BCUT2D eigenvalue weighted by Gasteiger charge is -2.22. The van der Waals surface area contributed by atoms with Crippen molar-refractivity contribution in [2.75, 3.05) is 32.8 Å². The molecule has 1 aromatic carbocycles. The summed E-state index contributed by atoms with van der Waals surface area (Å²) >= 11 is 0. The normalized spacial score (nSPS) is 12.4. The van der Waals surface area contributed by atoms with Gasteiger partial charge in [0.25, 0.3) is 0 Å². The fraction of sp³-hybridized carbons (Fsp3) is 0.571. The van der Waals surface area contributed by atoms with Crippen LogP contribution in [0.15, 0.2) is 18.2 Å². The summed E-state index contributed by atoms with van der Waals surface area (Å²) in [7, 11) is 0. The summed E-state index contributed by atoms with van der Waals surface area (Å²) in [6, 6.07) is 4.46. The van der Waals surface area contributed by atoms with Gasteiger partial charge in [-0.2, -0.15) is 0 Å². The zero-order valence-electron chi connectivity index (χ0n) is 12.4. The third-order valence-corrected chi connectivity index (χ3v) is 3.16. The maximum atomic E-state index is 11.1. The van der Waals surface area contributed by atoms with Gasteiger partial charge in [-0.25, -0.2) is 0 Å². The molecule has 0 fully saturated rings. The van der Waals surface area contributed by atoms with E-state index in [9.17, 15) is 15.2 Å². The van der Waals surface area contributed by atoms with E-state index in [1.165, 1.54) is 12.1 Å². The molecular formula is C14H22N2O5. The molecule has 1 unspecified atom stereocenters. The molecule has 0 saturated heterocycles. The molecule has 0 saturated carbocycles. The Hall–Kier alpha value is -1.70. The third kappa shape index (κ3) is 4.96. The maximum Gasteiger partial charge on any atom is 0.311 e. The fourth-order valence-corrected chi connectivity index (χ4v) is 2.03. The SMILES string of the molecule is CCOc1ccc(C(O)CN(CC)CCO)cc1[N+](=O)[O-]. The Balaban J connectivity index is 2.92. The molecule has 21 heavy (non-hydrogen) atoms. The highest BCUT2D eigenvalue weighted by Gasteiger charge is 2.20. The van der Waals surface area contributed by atoms with E-state index in [0.29, 0.717) is 31.8 Å². The van der Waals surface area contributed by atoms with Gasteiger partial charge >= 0.3 is 5.69 Å². The molecule has 0 radical (unpaired) electrons. The second-order valence-corrected chi connectivity index (χ2v) is 4.55. The first kappa shape index (κ1) is 17.4. The Morgan fingerprint density at radius 3 is 2.67 bits per heavy atom. The first-order valence-corrected chi connectivity index (χ1v) is 6.95. The highest BCUT2D eigenvalue weighted by molar-refractivity contribution is 5.49. The van der Waals surface area contributed by atoms with Crippen molar-refractivity contribution in [1.82, 2.24) is 4.90 Å². The molecule has 7 heteroatoms. The van der Waals surface area contributed by atoms with Crippen molar-refractivity contribution >= 4 is 5.69 Å². The van der Waals surface area contributed by atoms with Gasteiger partial charge < -0.3 is 14.9 Å². The van der Waals surface area contributed by atoms with Crippen molar-refractivity contribution in [2.24, 2.45) is 0 Å². The fourth-order valence-electron chi connectivity index (χ4n) is 2.03. The van der Waals surface area contributed by atoms with E-state index in [-0.39, 0.29) is 18.0 Å². The molecule has 0 aliphatic carbocycles. The van der Waals surface area contributed by atoms with E-state index >= 15 is 0 Å². The van der Waals surface area contributed by atoms with Gasteiger partial charge in [-0.3, -0.25) is 15.0 Å². The molecule has 0 amide bonds. The molecule has 0 aromatic heterocycles. The number of nitro groups is 1. The van der Waals surface area contributed by atoms with E-state index < -0.39 is 11.0 Å². The van der Waals surface area contributed by atoms with E-state index in [1.807, 2.05) is 11.8 Å². The molecule has 2 N–H and O–H groups in total. The third-order valence-electron chi connectivity index (χ3n) is 3.16. The molecule has 7 nitrogen and oxygen atoms in total. The van der Waals surface area contributed by atoms with Crippen LogP contribution in [0.2, 0.25) is 0 Å². The van der Waals surface area contributed by atoms with Crippen molar-refractivity contribution in [3.05, 3.63) is 33.9 Å². The minimum Gasteiger partial charge on any atom is -0.487 e. The lowest BCUT2D eigenvalue weighted by molar-refractivity contribution is -0.386. The molecule has 0 aliphatic heterocycles. The van der Waals surface area contributed by atoms with Gasteiger partial charge in [-0.1, -0.05) is 13.0 Å². The second-order valence-electron chi connectivity index (χ2n) is 4.55. The molecular weight excluding hydrogens is 276 g/mol. The number of likely N-dealkylation sites (N-methyl/N-ethyl adjacent to an activating group) is 1. The maximum absolute atomic E-state index is 11.1. The van der Waals surface area contributed by atoms with Gasteiger partial charge in [0, 0.05) is 19.2 Å². The first-order chi connectivity index (χ1) is 10.0. The summed E-state index contributed by atoms with van der Waals surface area (Å²) < 4.78 is 5.21. The Morgan fingerprint density at radius 2 is 2.14 bits per heavy atom. The van der Waals surface area contributed by atoms with Crippen LogP contribution in [-0.2, 0) is 0 Å². The summed E-state index contributed by atoms with van der Waals surface area (Å²) in [5.74, 6) is 0.196. The standard InChI is InChI=1S/C14H22N2O5/c1-3-15(7-8-17)10-13(18)11-5-6-14(21-4-2)12(9-11)16(19)20/h5-6,9,13,17-18H,3-4,7-8,10H2,1-2H3. The Morgan fingerprint density at radius 1 is 1.43 bits per heavy atom. The van der Waals surface area contributed by atoms with Crippen molar-refractivity contribution in [3.8, 4) is 5.75 Å². The van der Waals surface area contributed by atoms with Crippen LogP contribution in [0.4, 0.5) is 5.69 Å². The molecule has 0 spiro atoms. The zero-order valence-corrected chi connectivity index (χ0v) is 12.4. The summed E-state index contributed by atoms with van der Waals surface area (Å²) in [6.07, 6.45) is -0.856. The molecule has 1 aromatic rings. The van der Waals surface area contributed by atoms with Crippen LogP contribution in [-0.4, -0.2) is 52.9 Å². The lowest BCUT2D eigenvalue weighted by atomic mass is 10.1. The summed E-state index contributed by atoms with van der Waals surface area (Å²) in [4.78, 5) is 12.4. The molecule has 1 rings (SSSR count). The van der Waals surface area contributed by atoms with Gasteiger partial charge in [-0.05, 0) is 25.1 Å². The molecule has 1 atom stereocenters. The molecule has 0 heterocycles. The quantitative estimate of drug-likeness (QED) is 0.527. The smallest absolute Gasteiger partial charge is 0.311 e. The average molecular weight is 298 g/mol. The number of hydrogen-bond donors (Lipinski definition) is 2. The minimum absolute atomic E-state index is 0.00395. The lowest BCUT2D eigenvalue weighted by Crippen LogP contribution is -2.31. The topological polar surface area (TPSA) is 96.1 Å². The molecule has 0 bridgehead atoms. The number of ether oxygens (including phenoxy) is 1. The van der Waals surface area contributed by atoms with Crippen molar-refractivity contribution in [2.45, 2.75) is 20.0 Å². The number of aliphatic hydroxyl groups is 2. The van der Waals surface area contributed by atoms with Crippen molar-refractivity contribution < 1.29 is 19.9 Å². The van der Waals surface area contributed by atoms with Crippen molar-refractivity contribution in [1.29, 1.82) is 0 Å². The summed E-state index contributed by atoms with van der Waals surface area (Å²) in [5, 5.41) is 30.2. The highest BCUT2D eigenvalue weighted by Crippen LogP contribution is 2.30. The Labute approximate surface area is 123 Å². The molecule has 0 aliphatic rings. The van der Waals surface area contributed by atoms with Gasteiger partial charge in [0.15, 0.2) is 5.75 Å². The van der Waals surface area contributed by atoms with Crippen LogP contribution in [0.3, 0.4) is 0 Å². The van der Waals surface area contributed by atoms with E-state index in [0.717, 1.165) is 0 Å². The molecule has 118 valence electrons. The summed E-state index contributed by atoms with van der Waals surface area (Å²) in [6.45, 7) is 5.45. The van der Waals surface area contributed by atoms with Crippen molar-refractivity contribution in [3.63, 3.8) is 0 Å². The predicted octanol–water partition coefficient (Wildman–Crippen LogP) is 1.34. The monoisotopic (exact) mass is 298 g/mol. The van der Waals surface area contributed by atoms with E-state index in [1.54, 1.807) is 13.0 Å². The van der Waals surface area contributed by atoms with Crippen LogP contribution in [0, 0.1) is 10.1 Å². The van der Waals surface area contributed by atoms with Crippen LogP contribution < -0.4 is 4.74 Å². The van der Waals surface area contributed by atoms with Gasteiger partial charge in [-0.15, -0.1) is 0 Å².